The second-order valence-corrected chi connectivity index (χ2v) is 6.08. The third kappa shape index (κ3) is 3.49. The summed E-state index contributed by atoms with van der Waals surface area (Å²) in [5, 5.41) is 11.5. The highest BCUT2D eigenvalue weighted by atomic mass is 19.3. The zero-order valence-electron chi connectivity index (χ0n) is 13.7. The van der Waals surface area contributed by atoms with Gasteiger partial charge in [0.05, 0.1) is 6.04 Å². The number of nitrogens with one attached hydrogen (secondary N) is 1. The van der Waals surface area contributed by atoms with Crippen molar-refractivity contribution in [3.05, 3.63) is 59.7 Å². The summed E-state index contributed by atoms with van der Waals surface area (Å²) in [4.78, 5) is 11.9. The van der Waals surface area contributed by atoms with Crippen molar-refractivity contribution in [2.75, 3.05) is 6.61 Å². The Labute approximate surface area is 144 Å². The topological polar surface area (TPSA) is 58.6 Å². The Morgan fingerprint density at radius 3 is 2.16 bits per heavy atom. The van der Waals surface area contributed by atoms with Gasteiger partial charge in [0.2, 0.25) is 0 Å². The van der Waals surface area contributed by atoms with Gasteiger partial charge in [-0.2, -0.15) is 0 Å². The Morgan fingerprint density at radius 1 is 1.12 bits per heavy atom. The van der Waals surface area contributed by atoms with E-state index in [0.717, 1.165) is 22.3 Å². The lowest BCUT2D eigenvalue weighted by atomic mass is 9.98. The molecule has 0 radical (unpaired) electrons. The zero-order chi connectivity index (χ0) is 18.0. The van der Waals surface area contributed by atoms with E-state index in [2.05, 4.69) is 5.32 Å². The van der Waals surface area contributed by atoms with E-state index in [1.54, 1.807) is 0 Å². The van der Waals surface area contributed by atoms with Crippen LogP contribution in [0.25, 0.3) is 11.1 Å². The van der Waals surface area contributed by atoms with E-state index in [1.807, 2.05) is 48.5 Å². The van der Waals surface area contributed by atoms with E-state index >= 15 is 0 Å². The molecule has 0 heterocycles. The number of halogens is 2. The molecule has 1 amide bonds. The first-order valence-electron chi connectivity index (χ1n) is 8.06. The predicted octanol–water partition coefficient (Wildman–Crippen LogP) is 3.54. The molecule has 0 aliphatic heterocycles. The maximum absolute atomic E-state index is 12.4. The minimum atomic E-state index is -2.93. The SMILES string of the molecule is CC(NC(=O)OCC1c2ccccc2-c2ccccc21)C(O)C(F)F. The first-order chi connectivity index (χ1) is 12.0. The van der Waals surface area contributed by atoms with E-state index in [-0.39, 0.29) is 12.5 Å². The second kappa shape index (κ2) is 7.19. The fourth-order valence-corrected chi connectivity index (χ4v) is 3.13. The van der Waals surface area contributed by atoms with Gasteiger partial charge in [-0.3, -0.25) is 0 Å². The van der Waals surface area contributed by atoms with Gasteiger partial charge in [0.15, 0.2) is 0 Å². The lowest BCUT2D eigenvalue weighted by Gasteiger charge is -2.20. The van der Waals surface area contributed by atoms with Crippen LogP contribution < -0.4 is 5.32 Å². The van der Waals surface area contributed by atoms with Gasteiger partial charge in [0.25, 0.3) is 6.43 Å². The molecule has 2 aromatic rings. The van der Waals surface area contributed by atoms with Gasteiger partial charge < -0.3 is 15.2 Å². The van der Waals surface area contributed by atoms with Gasteiger partial charge in [-0.1, -0.05) is 48.5 Å². The largest absolute Gasteiger partial charge is 0.449 e. The van der Waals surface area contributed by atoms with E-state index < -0.39 is 24.7 Å². The normalized spacial score (nSPS) is 15.4. The highest BCUT2D eigenvalue weighted by Crippen LogP contribution is 2.44. The van der Waals surface area contributed by atoms with E-state index in [0.29, 0.717) is 0 Å². The number of carbonyl (C=O) groups is 1. The molecule has 2 aromatic carbocycles. The first kappa shape index (κ1) is 17.4. The van der Waals surface area contributed by atoms with Crippen LogP contribution >= 0.6 is 0 Å². The molecule has 0 fully saturated rings. The molecule has 1 aliphatic carbocycles. The highest BCUT2D eigenvalue weighted by molar-refractivity contribution is 5.79. The summed E-state index contributed by atoms with van der Waals surface area (Å²) in [6.07, 6.45) is -5.68. The molecule has 4 nitrogen and oxygen atoms in total. The fraction of sp³-hybridized carbons (Fsp3) is 0.316. The number of aliphatic hydroxyl groups is 1. The van der Waals surface area contributed by atoms with Crippen LogP contribution in [0.3, 0.4) is 0 Å². The van der Waals surface area contributed by atoms with Crippen molar-refractivity contribution in [2.45, 2.75) is 31.4 Å². The Morgan fingerprint density at radius 2 is 1.64 bits per heavy atom. The number of hydrogen-bond donors (Lipinski definition) is 2. The molecular weight excluding hydrogens is 328 g/mol. The molecule has 2 N–H and O–H groups in total. The van der Waals surface area contributed by atoms with Crippen molar-refractivity contribution in [3.63, 3.8) is 0 Å². The van der Waals surface area contributed by atoms with Crippen LogP contribution in [0.5, 0.6) is 0 Å². The monoisotopic (exact) mass is 347 g/mol. The zero-order valence-corrected chi connectivity index (χ0v) is 13.7. The lowest BCUT2D eigenvalue weighted by Crippen LogP contribution is -2.44. The molecule has 3 rings (SSSR count). The molecule has 0 aromatic heterocycles. The minimum Gasteiger partial charge on any atom is -0.449 e. The van der Waals surface area contributed by atoms with Crippen LogP contribution in [0.15, 0.2) is 48.5 Å². The van der Waals surface area contributed by atoms with E-state index in [4.69, 9.17) is 4.74 Å². The number of hydrogen-bond acceptors (Lipinski definition) is 3. The van der Waals surface area contributed by atoms with Gasteiger partial charge in [-0.25, -0.2) is 13.6 Å². The number of benzene rings is 2. The predicted molar refractivity (Wildman–Crippen MR) is 89.7 cm³/mol. The van der Waals surface area contributed by atoms with Crippen molar-refractivity contribution >= 4 is 6.09 Å². The van der Waals surface area contributed by atoms with Gasteiger partial charge in [-0.05, 0) is 29.2 Å². The van der Waals surface area contributed by atoms with Crippen molar-refractivity contribution in [1.29, 1.82) is 0 Å². The standard InChI is InChI=1S/C19H19F2NO3/c1-11(17(23)18(20)21)22-19(24)25-10-16-14-8-4-2-6-12(14)13-7-3-5-9-15(13)16/h2-9,11,16-18,23H,10H2,1H3,(H,22,24). The smallest absolute Gasteiger partial charge is 0.407 e. The molecule has 25 heavy (non-hydrogen) atoms. The summed E-state index contributed by atoms with van der Waals surface area (Å²) in [5.74, 6) is -0.103. The summed E-state index contributed by atoms with van der Waals surface area (Å²) in [5.41, 5.74) is 4.34. The highest BCUT2D eigenvalue weighted by Gasteiger charge is 2.30. The average Bonchev–Trinajstić information content (AvgIpc) is 2.93. The average molecular weight is 347 g/mol. The fourth-order valence-electron chi connectivity index (χ4n) is 3.13. The summed E-state index contributed by atoms with van der Waals surface area (Å²) in [7, 11) is 0. The molecule has 0 spiro atoms. The maximum atomic E-state index is 12.4. The van der Waals surface area contributed by atoms with Crippen molar-refractivity contribution < 1.29 is 23.4 Å². The van der Waals surface area contributed by atoms with Crippen LogP contribution in [0.1, 0.15) is 24.0 Å². The molecule has 2 atom stereocenters. The maximum Gasteiger partial charge on any atom is 0.407 e. The van der Waals surface area contributed by atoms with Crippen molar-refractivity contribution in [3.8, 4) is 11.1 Å². The van der Waals surface area contributed by atoms with E-state index in [1.165, 1.54) is 6.92 Å². The number of aliphatic hydroxyl groups excluding tert-OH is 1. The summed E-state index contributed by atoms with van der Waals surface area (Å²) in [6.45, 7) is 1.40. The Hall–Kier alpha value is -2.47. The molecule has 132 valence electrons. The second-order valence-electron chi connectivity index (χ2n) is 6.08. The van der Waals surface area contributed by atoms with E-state index in [9.17, 15) is 18.7 Å². The molecule has 2 unspecified atom stereocenters. The Bertz CT molecular complexity index is 720. The summed E-state index contributed by atoms with van der Waals surface area (Å²) < 4.78 is 30.1. The summed E-state index contributed by atoms with van der Waals surface area (Å²) in [6, 6.07) is 14.7. The minimum absolute atomic E-state index is 0.0946. The number of fused-ring (bicyclic) bond motifs is 3. The van der Waals surface area contributed by atoms with Gasteiger partial charge in [-0.15, -0.1) is 0 Å². The molecule has 0 saturated heterocycles. The lowest BCUT2D eigenvalue weighted by molar-refractivity contribution is -0.0220. The van der Waals surface area contributed by atoms with Gasteiger partial charge in [0.1, 0.15) is 12.7 Å². The first-order valence-corrected chi connectivity index (χ1v) is 8.06. The molecule has 0 bridgehead atoms. The van der Waals surface area contributed by atoms with Crippen LogP contribution in [0, 0.1) is 0 Å². The van der Waals surface area contributed by atoms with Gasteiger partial charge >= 0.3 is 6.09 Å². The van der Waals surface area contributed by atoms with Crippen molar-refractivity contribution in [2.24, 2.45) is 0 Å². The molecule has 1 aliphatic rings. The molecule has 0 saturated carbocycles. The number of alkyl halides is 2. The quantitative estimate of drug-likeness (QED) is 0.870. The third-order valence-corrected chi connectivity index (χ3v) is 4.46. The Kier molecular flexibility index (Phi) is 4.99. The van der Waals surface area contributed by atoms with Crippen LogP contribution in [0.4, 0.5) is 13.6 Å². The van der Waals surface area contributed by atoms with Crippen LogP contribution in [0.2, 0.25) is 0 Å². The molecular formula is C19H19F2NO3. The number of rotatable bonds is 5. The Balaban J connectivity index is 1.68. The van der Waals surface area contributed by atoms with Crippen LogP contribution in [-0.2, 0) is 4.74 Å². The molecule has 6 heteroatoms. The van der Waals surface area contributed by atoms with Crippen molar-refractivity contribution in [1.82, 2.24) is 5.32 Å². The number of alkyl carbamates (subject to hydrolysis) is 1. The number of carbonyl (C=O) groups excluding carboxylic acids is 1. The van der Waals surface area contributed by atoms with Gasteiger partial charge in [0, 0.05) is 5.92 Å². The summed E-state index contributed by atoms with van der Waals surface area (Å²) >= 11 is 0. The number of ether oxygens (including phenoxy) is 1. The third-order valence-electron chi connectivity index (χ3n) is 4.46. The number of amides is 1. The van der Waals surface area contributed by atoms with Crippen LogP contribution in [-0.4, -0.2) is 36.4 Å².